The first-order chi connectivity index (χ1) is 17.0. The van der Waals surface area contributed by atoms with Crippen molar-refractivity contribution in [2.75, 3.05) is 12.0 Å². The number of halogens is 1. The Balaban J connectivity index is 1.60. The molecule has 3 aromatic carbocycles. The van der Waals surface area contributed by atoms with E-state index < -0.39 is 40.6 Å². The van der Waals surface area contributed by atoms with E-state index in [0.717, 1.165) is 26.7 Å². The lowest BCUT2D eigenvalue weighted by molar-refractivity contribution is -0.135. The highest BCUT2D eigenvalue weighted by atomic mass is 79.9. The molecule has 0 aromatic heterocycles. The fourth-order valence-electron chi connectivity index (χ4n) is 6.81. The minimum Gasteiger partial charge on any atom is -0.464 e. The zero-order valence-corrected chi connectivity index (χ0v) is 20.1. The largest absolute Gasteiger partial charge is 0.464 e. The van der Waals surface area contributed by atoms with Crippen molar-refractivity contribution in [3.05, 3.63) is 99.5 Å². The predicted octanol–water partition coefficient (Wildman–Crippen LogP) is 3.47. The molecule has 2 bridgehead atoms. The molecule has 1 saturated heterocycles. The van der Waals surface area contributed by atoms with E-state index >= 15 is 0 Å². The fraction of sp³-hybridized carbons (Fsp3) is 0.185. The van der Waals surface area contributed by atoms with Crippen LogP contribution in [0, 0.1) is 5.41 Å². The summed E-state index contributed by atoms with van der Waals surface area (Å²) in [5.74, 6) is -2.74. The minimum atomic E-state index is -1.59. The van der Waals surface area contributed by atoms with Crippen molar-refractivity contribution in [2.45, 2.75) is 17.4 Å². The second-order valence-electron chi connectivity index (χ2n) is 9.23. The molecule has 0 spiro atoms. The molecule has 5 aliphatic rings. The summed E-state index contributed by atoms with van der Waals surface area (Å²) in [5, 5.41) is 4.38. The second-order valence-corrected chi connectivity index (χ2v) is 10.1. The lowest BCUT2D eigenvalue weighted by atomic mass is 9.43. The van der Waals surface area contributed by atoms with Crippen molar-refractivity contribution in [1.82, 2.24) is 5.43 Å². The van der Waals surface area contributed by atoms with E-state index in [1.165, 1.54) is 12.0 Å². The molecular weight excluding hydrogens is 510 g/mol. The summed E-state index contributed by atoms with van der Waals surface area (Å²) in [6, 6.07) is 22.7. The SMILES string of the molecule is COC(=O)C1=NNC23C(=O)N(c4ccc(Br)cc4)C(=O)C12C1c2ccccc2C3c2ccccc21. The summed E-state index contributed by atoms with van der Waals surface area (Å²) < 4.78 is 5.93. The standard InChI is InChI=1S/C27H18BrN3O4/c1-35-23(32)22-26-20-16-6-2-4-8-18(16)21(19-9-5-3-7-17(19)20)27(26,30-29-22)25(34)31(24(26)33)15-12-10-14(28)11-13-15/h2-13,20-21,30H,1H3. The van der Waals surface area contributed by atoms with Crippen molar-refractivity contribution in [3.8, 4) is 0 Å². The number of carbonyl (C=O) groups excluding carboxylic acids is 3. The first kappa shape index (κ1) is 20.6. The monoisotopic (exact) mass is 527 g/mol. The summed E-state index contributed by atoms with van der Waals surface area (Å²) in [4.78, 5) is 43.5. The average molecular weight is 528 g/mol. The molecule has 35 heavy (non-hydrogen) atoms. The third kappa shape index (κ3) is 2.09. The predicted molar refractivity (Wildman–Crippen MR) is 131 cm³/mol. The van der Waals surface area contributed by atoms with Crippen LogP contribution in [-0.2, 0) is 19.1 Å². The zero-order valence-electron chi connectivity index (χ0n) is 18.5. The van der Waals surface area contributed by atoms with E-state index in [0.29, 0.717) is 5.69 Å². The minimum absolute atomic E-state index is 0.0584. The van der Waals surface area contributed by atoms with Crippen LogP contribution in [0.5, 0.6) is 0 Å². The number of nitrogens with one attached hydrogen (secondary N) is 1. The van der Waals surface area contributed by atoms with Gasteiger partial charge in [-0.25, -0.2) is 9.69 Å². The van der Waals surface area contributed by atoms with Crippen LogP contribution < -0.4 is 10.3 Å². The van der Waals surface area contributed by atoms with Gasteiger partial charge in [-0.1, -0.05) is 64.5 Å². The number of esters is 1. The number of anilines is 1. The lowest BCUT2D eigenvalue weighted by Gasteiger charge is -2.55. The van der Waals surface area contributed by atoms with Crippen LogP contribution in [0.25, 0.3) is 0 Å². The summed E-state index contributed by atoms with van der Waals surface area (Å²) in [7, 11) is 1.26. The fourth-order valence-corrected chi connectivity index (χ4v) is 7.08. The smallest absolute Gasteiger partial charge is 0.355 e. The number of rotatable bonds is 2. The number of hydrogen-bond donors (Lipinski definition) is 1. The number of carbonyl (C=O) groups is 3. The number of benzene rings is 3. The first-order valence-corrected chi connectivity index (χ1v) is 12.0. The Morgan fingerprint density at radius 3 is 1.97 bits per heavy atom. The van der Waals surface area contributed by atoms with Gasteiger partial charge < -0.3 is 4.74 Å². The zero-order chi connectivity index (χ0) is 24.1. The van der Waals surface area contributed by atoms with Crippen molar-refractivity contribution < 1.29 is 19.1 Å². The topological polar surface area (TPSA) is 88.1 Å². The molecule has 2 aliphatic heterocycles. The third-order valence-electron chi connectivity index (χ3n) is 7.99. The van der Waals surface area contributed by atoms with Crippen LogP contribution >= 0.6 is 15.9 Å². The number of hydrogen-bond acceptors (Lipinski definition) is 6. The molecule has 0 radical (unpaired) electrons. The van der Waals surface area contributed by atoms with Crippen LogP contribution in [0.15, 0.2) is 82.4 Å². The van der Waals surface area contributed by atoms with E-state index in [1.807, 2.05) is 48.5 Å². The lowest BCUT2D eigenvalue weighted by Crippen LogP contribution is -2.69. The van der Waals surface area contributed by atoms with Crippen molar-refractivity contribution >= 4 is 45.1 Å². The molecule has 0 saturated carbocycles. The number of ether oxygens (including phenoxy) is 1. The van der Waals surface area contributed by atoms with Gasteiger partial charge in [-0.15, -0.1) is 0 Å². The highest BCUT2D eigenvalue weighted by Crippen LogP contribution is 2.70. The molecule has 3 aliphatic carbocycles. The highest BCUT2D eigenvalue weighted by Gasteiger charge is 2.85. The molecule has 172 valence electrons. The molecule has 2 unspecified atom stereocenters. The Morgan fingerprint density at radius 2 is 1.43 bits per heavy atom. The molecule has 8 heteroatoms. The summed E-state index contributed by atoms with van der Waals surface area (Å²) in [5.41, 5.74) is 4.13. The van der Waals surface area contributed by atoms with Gasteiger partial charge in [0.1, 0.15) is 5.41 Å². The third-order valence-corrected chi connectivity index (χ3v) is 8.51. The average Bonchev–Trinajstić information content (AvgIpc) is 3.36. The van der Waals surface area contributed by atoms with Crippen LogP contribution in [0.4, 0.5) is 5.69 Å². The normalized spacial score (nSPS) is 29.1. The Labute approximate surface area is 208 Å². The van der Waals surface area contributed by atoms with Gasteiger partial charge in [0.25, 0.3) is 11.8 Å². The number of nitrogens with zero attached hydrogens (tertiary/aromatic N) is 2. The quantitative estimate of drug-likeness (QED) is 0.407. The van der Waals surface area contributed by atoms with E-state index in [1.54, 1.807) is 24.3 Å². The molecule has 2 amide bonds. The molecule has 1 fully saturated rings. The van der Waals surface area contributed by atoms with Gasteiger partial charge in [-0.05, 0) is 46.5 Å². The van der Waals surface area contributed by atoms with Crippen LogP contribution in [0.1, 0.15) is 34.1 Å². The molecule has 7 nitrogen and oxygen atoms in total. The Bertz CT molecular complexity index is 1470. The summed E-state index contributed by atoms with van der Waals surface area (Å²) >= 11 is 3.42. The van der Waals surface area contributed by atoms with Gasteiger partial charge in [0.2, 0.25) is 0 Å². The van der Waals surface area contributed by atoms with Crippen molar-refractivity contribution in [3.63, 3.8) is 0 Å². The van der Waals surface area contributed by atoms with Gasteiger partial charge >= 0.3 is 5.97 Å². The van der Waals surface area contributed by atoms with Gasteiger partial charge in [0.05, 0.1) is 12.8 Å². The Hall–Kier alpha value is -3.78. The second kappa shape index (κ2) is 6.66. The maximum absolute atomic E-state index is 14.6. The Morgan fingerprint density at radius 1 is 0.886 bits per heavy atom. The van der Waals surface area contributed by atoms with Crippen LogP contribution in [0.2, 0.25) is 0 Å². The van der Waals surface area contributed by atoms with Gasteiger partial charge in [-0.2, -0.15) is 5.10 Å². The number of methoxy groups -OCH3 is 1. The van der Waals surface area contributed by atoms with E-state index in [9.17, 15) is 14.4 Å². The molecular formula is C27H18BrN3O4. The summed E-state index contributed by atoms with van der Waals surface area (Å²) in [6.07, 6.45) is 0. The molecule has 3 aromatic rings. The van der Waals surface area contributed by atoms with Crippen LogP contribution in [0.3, 0.4) is 0 Å². The molecule has 8 rings (SSSR count). The maximum Gasteiger partial charge on any atom is 0.355 e. The molecule has 1 N–H and O–H groups in total. The maximum atomic E-state index is 14.6. The molecule has 2 atom stereocenters. The van der Waals surface area contributed by atoms with E-state index in [-0.39, 0.29) is 5.71 Å². The highest BCUT2D eigenvalue weighted by molar-refractivity contribution is 9.10. The number of hydrazone groups is 1. The van der Waals surface area contributed by atoms with Gasteiger partial charge in [0.15, 0.2) is 11.3 Å². The van der Waals surface area contributed by atoms with Gasteiger partial charge in [-0.3, -0.25) is 15.0 Å². The van der Waals surface area contributed by atoms with Gasteiger partial charge in [0, 0.05) is 16.3 Å². The van der Waals surface area contributed by atoms with E-state index in [2.05, 4.69) is 26.5 Å². The molecule has 2 heterocycles. The number of amides is 2. The summed E-state index contributed by atoms with van der Waals surface area (Å²) in [6.45, 7) is 0. The number of imide groups is 1. The van der Waals surface area contributed by atoms with Crippen molar-refractivity contribution in [2.24, 2.45) is 10.5 Å². The van der Waals surface area contributed by atoms with Crippen LogP contribution in [-0.4, -0.2) is 36.1 Å². The Kier molecular flexibility index (Phi) is 3.92. The van der Waals surface area contributed by atoms with Crippen molar-refractivity contribution in [1.29, 1.82) is 0 Å². The van der Waals surface area contributed by atoms with E-state index in [4.69, 9.17) is 4.74 Å². The first-order valence-electron chi connectivity index (χ1n) is 11.2.